The smallest absolute Gasteiger partial charge is 0.157 e. The Hall–Kier alpha value is -2.79. The van der Waals surface area contributed by atoms with Gasteiger partial charge in [0, 0.05) is 22.5 Å². The molecule has 0 aliphatic heterocycles. The third-order valence-corrected chi connectivity index (χ3v) is 4.46. The van der Waals surface area contributed by atoms with Gasteiger partial charge in [-0.25, -0.2) is 4.98 Å². The first kappa shape index (κ1) is 15.7. The van der Waals surface area contributed by atoms with Gasteiger partial charge in [0.15, 0.2) is 5.15 Å². The summed E-state index contributed by atoms with van der Waals surface area (Å²) < 4.78 is 12.6. The molecule has 0 aliphatic rings. The highest BCUT2D eigenvalue weighted by molar-refractivity contribution is 6.35. The number of para-hydroxylation sites is 1. The molecule has 4 rings (SSSR count). The topological polar surface area (TPSA) is 49.2 Å². The molecule has 0 spiro atoms. The standard InChI is InChI=1S/C19H16ClN3O2/c1-24-13-7-8-16-14(9-13)15-11-23(22-18(15)19(20)21-16)10-12-5-3-4-6-17(12)25-2/h3-9,11H,10H2,1-2H3. The summed E-state index contributed by atoms with van der Waals surface area (Å²) in [5.41, 5.74) is 2.54. The van der Waals surface area contributed by atoms with E-state index in [-0.39, 0.29) is 0 Å². The second-order valence-corrected chi connectivity index (χ2v) is 6.04. The number of halogens is 1. The highest BCUT2D eigenvalue weighted by Crippen LogP contribution is 2.31. The first-order chi connectivity index (χ1) is 12.2. The number of ether oxygens (including phenoxy) is 2. The Labute approximate surface area is 149 Å². The van der Waals surface area contributed by atoms with Gasteiger partial charge in [-0.2, -0.15) is 5.10 Å². The van der Waals surface area contributed by atoms with E-state index >= 15 is 0 Å². The molecule has 0 bridgehead atoms. The zero-order valence-corrected chi connectivity index (χ0v) is 14.6. The zero-order chi connectivity index (χ0) is 17.4. The monoisotopic (exact) mass is 353 g/mol. The fourth-order valence-corrected chi connectivity index (χ4v) is 3.20. The Balaban J connectivity index is 1.86. The van der Waals surface area contributed by atoms with Gasteiger partial charge in [0.25, 0.3) is 0 Å². The molecule has 0 N–H and O–H groups in total. The van der Waals surface area contributed by atoms with Crippen LogP contribution < -0.4 is 9.47 Å². The summed E-state index contributed by atoms with van der Waals surface area (Å²) in [6.45, 7) is 0.584. The Morgan fingerprint density at radius 2 is 1.88 bits per heavy atom. The molecule has 0 saturated heterocycles. The van der Waals surface area contributed by atoms with Gasteiger partial charge in [0.05, 0.1) is 26.3 Å². The van der Waals surface area contributed by atoms with Crippen molar-refractivity contribution in [3.63, 3.8) is 0 Å². The van der Waals surface area contributed by atoms with E-state index in [2.05, 4.69) is 10.1 Å². The van der Waals surface area contributed by atoms with Gasteiger partial charge in [-0.3, -0.25) is 4.68 Å². The highest BCUT2D eigenvalue weighted by Gasteiger charge is 2.13. The van der Waals surface area contributed by atoms with Crippen molar-refractivity contribution in [2.45, 2.75) is 6.54 Å². The SMILES string of the molecule is COc1ccc2nc(Cl)c3nn(Cc4ccccc4OC)cc3c2c1. The minimum atomic E-state index is 0.395. The first-order valence-electron chi connectivity index (χ1n) is 7.82. The lowest BCUT2D eigenvalue weighted by molar-refractivity contribution is 0.407. The summed E-state index contributed by atoms with van der Waals surface area (Å²) in [5, 5.41) is 6.92. The third-order valence-electron chi connectivity index (χ3n) is 4.19. The van der Waals surface area contributed by atoms with Crippen molar-refractivity contribution in [2.75, 3.05) is 14.2 Å². The lowest BCUT2D eigenvalue weighted by atomic mass is 10.1. The van der Waals surface area contributed by atoms with Crippen LogP contribution in [0.5, 0.6) is 11.5 Å². The maximum Gasteiger partial charge on any atom is 0.157 e. The van der Waals surface area contributed by atoms with Crippen LogP contribution in [0.1, 0.15) is 5.56 Å². The minimum Gasteiger partial charge on any atom is -0.497 e. The van der Waals surface area contributed by atoms with Crippen LogP contribution in [0.3, 0.4) is 0 Å². The molecule has 0 amide bonds. The lowest BCUT2D eigenvalue weighted by Crippen LogP contribution is -2.02. The van der Waals surface area contributed by atoms with Gasteiger partial charge in [-0.15, -0.1) is 0 Å². The predicted molar refractivity (Wildman–Crippen MR) is 98.7 cm³/mol. The predicted octanol–water partition coefficient (Wildman–Crippen LogP) is 4.30. The summed E-state index contributed by atoms with van der Waals surface area (Å²) in [5.74, 6) is 1.60. The van der Waals surface area contributed by atoms with Gasteiger partial charge in [0.1, 0.15) is 17.0 Å². The number of aromatic nitrogens is 3. The van der Waals surface area contributed by atoms with E-state index in [1.54, 1.807) is 14.2 Å². The van der Waals surface area contributed by atoms with Crippen LogP contribution in [0.4, 0.5) is 0 Å². The van der Waals surface area contributed by atoms with Crippen molar-refractivity contribution in [1.29, 1.82) is 0 Å². The summed E-state index contributed by atoms with van der Waals surface area (Å²) >= 11 is 6.34. The first-order valence-corrected chi connectivity index (χ1v) is 8.19. The number of hydrogen-bond acceptors (Lipinski definition) is 4. The van der Waals surface area contributed by atoms with Crippen LogP contribution in [0.25, 0.3) is 21.8 Å². The number of nitrogens with zero attached hydrogens (tertiary/aromatic N) is 3. The van der Waals surface area contributed by atoms with Crippen LogP contribution in [-0.2, 0) is 6.54 Å². The number of rotatable bonds is 4. The third kappa shape index (κ3) is 2.76. The van der Waals surface area contributed by atoms with Gasteiger partial charge in [-0.1, -0.05) is 29.8 Å². The van der Waals surface area contributed by atoms with E-state index in [0.29, 0.717) is 17.2 Å². The van der Waals surface area contributed by atoms with Gasteiger partial charge in [-0.05, 0) is 24.3 Å². The normalized spacial score (nSPS) is 11.2. The summed E-state index contributed by atoms with van der Waals surface area (Å²) in [6, 6.07) is 13.6. The minimum absolute atomic E-state index is 0.395. The van der Waals surface area contributed by atoms with Crippen LogP contribution in [0.2, 0.25) is 5.15 Å². The van der Waals surface area contributed by atoms with Crippen molar-refractivity contribution < 1.29 is 9.47 Å². The lowest BCUT2D eigenvalue weighted by Gasteiger charge is -2.07. The Morgan fingerprint density at radius 1 is 1.04 bits per heavy atom. The largest absolute Gasteiger partial charge is 0.497 e. The molecular weight excluding hydrogens is 338 g/mol. The van der Waals surface area contributed by atoms with E-state index < -0.39 is 0 Å². The Bertz CT molecular complexity index is 1080. The van der Waals surface area contributed by atoms with E-state index in [1.807, 2.05) is 53.3 Å². The molecule has 126 valence electrons. The molecule has 5 nitrogen and oxygen atoms in total. The fraction of sp³-hybridized carbons (Fsp3) is 0.158. The van der Waals surface area contributed by atoms with Crippen LogP contribution in [0, 0.1) is 0 Å². The van der Waals surface area contributed by atoms with Crippen LogP contribution in [-0.4, -0.2) is 29.0 Å². The van der Waals surface area contributed by atoms with Crippen molar-refractivity contribution in [1.82, 2.24) is 14.8 Å². The Morgan fingerprint density at radius 3 is 2.68 bits per heavy atom. The zero-order valence-electron chi connectivity index (χ0n) is 13.9. The summed E-state index contributed by atoms with van der Waals surface area (Å²) in [7, 11) is 3.31. The van der Waals surface area contributed by atoms with E-state index in [0.717, 1.165) is 33.4 Å². The maximum atomic E-state index is 6.34. The molecule has 0 atom stereocenters. The van der Waals surface area contributed by atoms with Crippen molar-refractivity contribution >= 4 is 33.4 Å². The van der Waals surface area contributed by atoms with Crippen molar-refractivity contribution in [2.24, 2.45) is 0 Å². The molecule has 4 aromatic rings. The maximum absolute atomic E-state index is 6.34. The molecule has 0 fully saturated rings. The van der Waals surface area contributed by atoms with Gasteiger partial charge >= 0.3 is 0 Å². The highest BCUT2D eigenvalue weighted by atomic mass is 35.5. The summed E-state index contributed by atoms with van der Waals surface area (Å²) in [6.07, 6.45) is 1.98. The second-order valence-electron chi connectivity index (χ2n) is 5.69. The van der Waals surface area contributed by atoms with E-state index in [9.17, 15) is 0 Å². The van der Waals surface area contributed by atoms with Gasteiger partial charge in [0.2, 0.25) is 0 Å². The fourth-order valence-electron chi connectivity index (χ4n) is 2.97. The number of methoxy groups -OCH3 is 2. The molecule has 0 saturated carbocycles. The molecule has 0 aliphatic carbocycles. The average Bonchev–Trinajstić information content (AvgIpc) is 3.07. The molecule has 0 radical (unpaired) electrons. The molecule has 2 heterocycles. The molecule has 25 heavy (non-hydrogen) atoms. The van der Waals surface area contributed by atoms with Crippen LogP contribution in [0.15, 0.2) is 48.7 Å². The molecule has 2 aromatic heterocycles. The number of fused-ring (bicyclic) bond motifs is 3. The number of benzene rings is 2. The quantitative estimate of drug-likeness (QED) is 0.513. The molecule has 2 aromatic carbocycles. The molecule has 6 heteroatoms. The molecule has 0 unspecified atom stereocenters. The number of pyridine rings is 1. The average molecular weight is 354 g/mol. The molecular formula is C19H16ClN3O2. The number of hydrogen-bond donors (Lipinski definition) is 0. The van der Waals surface area contributed by atoms with Crippen molar-refractivity contribution in [3.05, 3.63) is 59.4 Å². The van der Waals surface area contributed by atoms with E-state index in [4.69, 9.17) is 21.1 Å². The Kier molecular flexibility index (Phi) is 3.93. The van der Waals surface area contributed by atoms with Gasteiger partial charge < -0.3 is 9.47 Å². The van der Waals surface area contributed by atoms with Crippen LogP contribution >= 0.6 is 11.6 Å². The summed E-state index contributed by atoms with van der Waals surface area (Å²) in [4.78, 5) is 4.44. The second kappa shape index (κ2) is 6.26. The van der Waals surface area contributed by atoms with E-state index in [1.165, 1.54) is 0 Å². The van der Waals surface area contributed by atoms with Crippen molar-refractivity contribution in [3.8, 4) is 11.5 Å².